The van der Waals surface area contributed by atoms with Gasteiger partial charge in [0.1, 0.15) is 5.76 Å². The quantitative estimate of drug-likeness (QED) is 0.791. The van der Waals surface area contributed by atoms with Gasteiger partial charge < -0.3 is 9.73 Å². The molecule has 1 fully saturated rings. The summed E-state index contributed by atoms with van der Waals surface area (Å²) in [6.07, 6.45) is 3.59. The number of nitrogens with one attached hydrogen (secondary N) is 1. The van der Waals surface area contributed by atoms with E-state index in [1.165, 1.54) is 11.8 Å². The highest BCUT2D eigenvalue weighted by Crippen LogP contribution is 2.30. The molecule has 114 valence electrons. The molecule has 0 unspecified atom stereocenters. The van der Waals surface area contributed by atoms with Crippen LogP contribution in [0.4, 0.5) is 5.69 Å². The molecule has 5 heteroatoms. The highest BCUT2D eigenvalue weighted by Gasteiger charge is 2.29. The fourth-order valence-corrected chi connectivity index (χ4v) is 2.87. The van der Waals surface area contributed by atoms with Crippen molar-refractivity contribution in [2.24, 2.45) is 5.92 Å². The first-order chi connectivity index (χ1) is 10.7. The summed E-state index contributed by atoms with van der Waals surface area (Å²) in [4.78, 5) is 23.7. The number of Topliss-reactive ketones (excluding diaryl/α,β-unsaturated/α-hetero) is 1. The molecule has 0 aliphatic heterocycles. The van der Waals surface area contributed by atoms with Crippen LogP contribution < -0.4 is 5.32 Å². The number of thioether (sulfide) groups is 1. The Morgan fingerprint density at radius 1 is 1.18 bits per heavy atom. The van der Waals surface area contributed by atoms with Crippen molar-refractivity contribution in [2.75, 3.05) is 11.1 Å². The molecule has 1 aliphatic carbocycles. The number of carbonyl (C=O) groups excluding carboxylic acids is 2. The van der Waals surface area contributed by atoms with E-state index in [1.54, 1.807) is 30.5 Å². The Kier molecular flexibility index (Phi) is 4.63. The Labute approximate surface area is 133 Å². The van der Waals surface area contributed by atoms with E-state index in [1.807, 2.05) is 12.1 Å². The molecular weight excluding hydrogens is 298 g/mol. The number of amides is 1. The maximum Gasteiger partial charge on any atom is 0.227 e. The van der Waals surface area contributed by atoms with Gasteiger partial charge in [0.2, 0.25) is 5.91 Å². The number of carbonyl (C=O) groups is 2. The molecule has 1 aromatic carbocycles. The van der Waals surface area contributed by atoms with E-state index in [0.29, 0.717) is 17.1 Å². The third-order valence-corrected chi connectivity index (χ3v) is 4.44. The summed E-state index contributed by atoms with van der Waals surface area (Å²) >= 11 is 1.53. The number of benzene rings is 1. The molecular formula is C17H17NO3S. The van der Waals surface area contributed by atoms with Crippen LogP contribution in [0, 0.1) is 5.92 Å². The van der Waals surface area contributed by atoms with E-state index in [0.717, 1.165) is 24.3 Å². The molecule has 1 N–H and O–H groups in total. The van der Waals surface area contributed by atoms with E-state index >= 15 is 0 Å². The van der Waals surface area contributed by atoms with E-state index in [9.17, 15) is 9.59 Å². The van der Waals surface area contributed by atoms with Crippen molar-refractivity contribution in [3.8, 4) is 0 Å². The van der Waals surface area contributed by atoms with Crippen molar-refractivity contribution >= 4 is 29.1 Å². The second-order valence-corrected chi connectivity index (χ2v) is 6.32. The SMILES string of the molecule is O=C(CSCc1ccco1)c1ccc(NC(=O)C2CC2)cc1. The number of hydrogen-bond donors (Lipinski definition) is 1. The Bertz CT molecular complexity index is 645. The van der Waals surface area contributed by atoms with Crippen LogP contribution in [0.3, 0.4) is 0 Å². The average Bonchev–Trinajstić information content (AvgIpc) is 3.26. The van der Waals surface area contributed by atoms with Crippen LogP contribution in [0.2, 0.25) is 0 Å². The van der Waals surface area contributed by atoms with Crippen LogP contribution in [0.15, 0.2) is 47.1 Å². The van der Waals surface area contributed by atoms with Crippen molar-refractivity contribution in [2.45, 2.75) is 18.6 Å². The minimum absolute atomic E-state index is 0.0769. The Hall–Kier alpha value is -2.01. The highest BCUT2D eigenvalue weighted by molar-refractivity contribution is 7.99. The molecule has 0 radical (unpaired) electrons. The van der Waals surface area contributed by atoms with E-state index in [4.69, 9.17) is 4.42 Å². The lowest BCUT2D eigenvalue weighted by Crippen LogP contribution is -2.13. The van der Waals surface area contributed by atoms with E-state index in [-0.39, 0.29) is 17.6 Å². The molecule has 1 heterocycles. The molecule has 3 rings (SSSR count). The number of hydrogen-bond acceptors (Lipinski definition) is 4. The lowest BCUT2D eigenvalue weighted by Gasteiger charge is -2.05. The largest absolute Gasteiger partial charge is 0.468 e. The van der Waals surface area contributed by atoms with E-state index in [2.05, 4.69) is 5.32 Å². The van der Waals surface area contributed by atoms with Gasteiger partial charge in [-0.3, -0.25) is 9.59 Å². The lowest BCUT2D eigenvalue weighted by molar-refractivity contribution is -0.117. The summed E-state index contributed by atoms with van der Waals surface area (Å²) in [5.41, 5.74) is 1.41. The van der Waals surface area contributed by atoms with Gasteiger partial charge in [-0.15, -0.1) is 11.8 Å². The van der Waals surface area contributed by atoms with Gasteiger partial charge in [-0.1, -0.05) is 0 Å². The Morgan fingerprint density at radius 3 is 2.59 bits per heavy atom. The summed E-state index contributed by atoms with van der Waals surface area (Å²) in [5.74, 6) is 2.31. The van der Waals surface area contributed by atoms with Gasteiger partial charge in [-0.05, 0) is 49.2 Å². The first-order valence-corrected chi connectivity index (χ1v) is 8.42. The summed E-state index contributed by atoms with van der Waals surface area (Å²) < 4.78 is 5.23. The van der Waals surface area contributed by atoms with Crippen molar-refractivity contribution < 1.29 is 14.0 Å². The molecule has 1 saturated carbocycles. The Morgan fingerprint density at radius 2 is 1.95 bits per heavy atom. The third-order valence-electron chi connectivity index (χ3n) is 3.48. The van der Waals surface area contributed by atoms with Crippen molar-refractivity contribution in [1.82, 2.24) is 0 Å². The van der Waals surface area contributed by atoms with Gasteiger partial charge in [0.15, 0.2) is 5.78 Å². The monoisotopic (exact) mass is 315 g/mol. The molecule has 2 aromatic rings. The van der Waals surface area contributed by atoms with Gasteiger partial charge in [0.25, 0.3) is 0 Å². The second kappa shape index (κ2) is 6.83. The lowest BCUT2D eigenvalue weighted by atomic mass is 10.1. The zero-order valence-electron chi connectivity index (χ0n) is 12.1. The minimum Gasteiger partial charge on any atom is -0.468 e. The van der Waals surface area contributed by atoms with Crippen LogP contribution in [0.1, 0.15) is 29.0 Å². The van der Waals surface area contributed by atoms with Gasteiger partial charge in [0.05, 0.1) is 17.8 Å². The van der Waals surface area contributed by atoms with Crippen molar-refractivity contribution in [3.63, 3.8) is 0 Å². The topological polar surface area (TPSA) is 59.3 Å². The minimum atomic E-state index is 0.0769. The Balaban J connectivity index is 1.48. The summed E-state index contributed by atoms with van der Waals surface area (Å²) in [6, 6.07) is 10.8. The molecule has 0 atom stereocenters. The average molecular weight is 315 g/mol. The fourth-order valence-electron chi connectivity index (χ4n) is 2.05. The molecule has 0 saturated heterocycles. The maximum atomic E-state index is 12.1. The standard InChI is InChI=1S/C17H17NO3S/c19-16(11-22-10-15-2-1-9-21-15)12-5-7-14(8-6-12)18-17(20)13-3-4-13/h1-2,5-9,13H,3-4,10-11H2,(H,18,20). The van der Waals surface area contributed by atoms with Gasteiger partial charge >= 0.3 is 0 Å². The third kappa shape index (κ3) is 4.01. The summed E-state index contributed by atoms with van der Waals surface area (Å²) in [5, 5.41) is 2.86. The van der Waals surface area contributed by atoms with Crippen LogP contribution in [0.5, 0.6) is 0 Å². The first-order valence-electron chi connectivity index (χ1n) is 7.26. The molecule has 1 aliphatic rings. The van der Waals surface area contributed by atoms with Crippen LogP contribution in [-0.2, 0) is 10.5 Å². The highest BCUT2D eigenvalue weighted by atomic mass is 32.2. The predicted molar refractivity (Wildman–Crippen MR) is 87.0 cm³/mol. The molecule has 1 amide bonds. The molecule has 0 bridgehead atoms. The predicted octanol–water partition coefficient (Wildman–Crippen LogP) is 3.74. The fraction of sp³-hybridized carbons (Fsp3) is 0.294. The molecule has 1 aromatic heterocycles. The normalized spacial score (nSPS) is 13.8. The van der Waals surface area contributed by atoms with Crippen LogP contribution >= 0.6 is 11.8 Å². The van der Waals surface area contributed by atoms with E-state index < -0.39 is 0 Å². The van der Waals surface area contributed by atoms with Crippen molar-refractivity contribution in [1.29, 1.82) is 0 Å². The van der Waals surface area contributed by atoms with Gasteiger partial charge in [-0.25, -0.2) is 0 Å². The zero-order chi connectivity index (χ0) is 15.4. The zero-order valence-corrected chi connectivity index (χ0v) is 12.9. The van der Waals surface area contributed by atoms with Gasteiger partial charge in [-0.2, -0.15) is 0 Å². The number of ketones is 1. The second-order valence-electron chi connectivity index (χ2n) is 5.34. The maximum absolute atomic E-state index is 12.1. The van der Waals surface area contributed by atoms with Crippen molar-refractivity contribution in [3.05, 3.63) is 54.0 Å². The first kappa shape index (κ1) is 14.9. The smallest absolute Gasteiger partial charge is 0.227 e. The number of furan rings is 1. The molecule has 0 spiro atoms. The molecule has 4 nitrogen and oxygen atoms in total. The number of rotatable bonds is 7. The number of anilines is 1. The van der Waals surface area contributed by atoms with Crippen LogP contribution in [-0.4, -0.2) is 17.4 Å². The summed E-state index contributed by atoms with van der Waals surface area (Å²) in [6.45, 7) is 0. The van der Waals surface area contributed by atoms with Crippen LogP contribution in [0.25, 0.3) is 0 Å². The summed E-state index contributed by atoms with van der Waals surface area (Å²) in [7, 11) is 0. The van der Waals surface area contributed by atoms with Gasteiger partial charge in [0, 0.05) is 17.2 Å². The molecule has 22 heavy (non-hydrogen) atoms.